The van der Waals surface area contributed by atoms with Crippen LogP contribution >= 0.6 is 0 Å². The van der Waals surface area contributed by atoms with Crippen LogP contribution in [0.15, 0.2) is 15.0 Å². The lowest BCUT2D eigenvalue weighted by Gasteiger charge is -2.31. The number of aliphatic carboxylic acids is 1. The molecule has 2 saturated heterocycles. The lowest BCUT2D eigenvalue weighted by molar-refractivity contribution is -0.143. The molecule has 0 aromatic rings. The number of guanidine groups is 3. The Hall–Kier alpha value is -7.00. The molecule has 0 aromatic heterocycles. The number of carbonyl (C=O) groups excluding carboxylic acids is 8. The van der Waals surface area contributed by atoms with E-state index in [1.165, 1.54) is 9.80 Å². The normalized spacial score (nSPS) is 17.6. The quantitative estimate of drug-likeness (QED) is 0.0170. The number of rotatable bonds is 33. The minimum Gasteiger partial charge on any atom is -0.480 e. The molecule has 0 unspecified atom stereocenters. The first kappa shape index (κ1) is 65.1. The van der Waals surface area contributed by atoms with Crippen LogP contribution in [0.1, 0.15) is 125 Å². The van der Waals surface area contributed by atoms with E-state index in [0.717, 1.165) is 0 Å². The van der Waals surface area contributed by atoms with E-state index in [-0.39, 0.29) is 133 Å². The van der Waals surface area contributed by atoms with Crippen molar-refractivity contribution >= 4 is 71.1 Å². The van der Waals surface area contributed by atoms with Gasteiger partial charge in [0.15, 0.2) is 17.9 Å². The topological polar surface area (TPSA) is 472 Å². The van der Waals surface area contributed by atoms with E-state index in [0.29, 0.717) is 19.3 Å². The summed E-state index contributed by atoms with van der Waals surface area (Å²) in [7, 11) is 0. The Morgan fingerprint density at radius 1 is 0.513 bits per heavy atom. The summed E-state index contributed by atoms with van der Waals surface area (Å²) >= 11 is 0. The third kappa shape index (κ3) is 23.7. The standard InChI is InChI=1S/C48H88N18O10/c1-26(2)22-29(49)38(68)63-33(23-27(3)4)44(74)66-21-11-16-36(66)43(73)62-31(13-8-18-57-47(52)53)40(70)60-30(12-7-17-56-46(50)51)39(69)59-25-37(67)65-20-10-15-35(65)42(72)61-32(14-9-19-58-48(54)55)41(71)64-34(45(75)76)24-28(5)6/h26-36H,7-25,49H2,1-6H3,(H,59,69)(H,60,70)(H,61,72)(H,62,73)(H,63,68)(H,64,71)(H,75,76)(H4,50,51,56)(H4,52,53,57)(H4,54,55,58)/t29-,30-,31-,32-,33-,34-,35-,36-/m0/s1. The summed E-state index contributed by atoms with van der Waals surface area (Å²) < 4.78 is 0. The molecule has 28 heteroatoms. The first-order valence-corrected chi connectivity index (χ1v) is 26.3. The fourth-order valence-corrected chi connectivity index (χ4v) is 8.91. The lowest BCUT2D eigenvalue weighted by atomic mass is 10.00. The van der Waals surface area contributed by atoms with Gasteiger partial charge in [0.1, 0.15) is 42.3 Å². The van der Waals surface area contributed by atoms with E-state index >= 15 is 0 Å². The van der Waals surface area contributed by atoms with Crippen LogP contribution in [0.5, 0.6) is 0 Å². The Kier molecular flexibility index (Phi) is 28.4. The molecule has 0 aliphatic carbocycles. The third-order valence-corrected chi connectivity index (χ3v) is 12.6. The number of carbonyl (C=O) groups is 9. The van der Waals surface area contributed by atoms with Crippen LogP contribution in [0.4, 0.5) is 0 Å². The zero-order chi connectivity index (χ0) is 57.2. The number of aliphatic imine (C=N–C) groups is 3. The maximum Gasteiger partial charge on any atom is 0.326 e. The minimum atomic E-state index is -1.31. The Balaban J connectivity index is 2.33. The maximum absolute atomic E-state index is 14.2. The fourth-order valence-electron chi connectivity index (χ4n) is 8.91. The van der Waals surface area contributed by atoms with Crippen molar-refractivity contribution in [3.05, 3.63) is 0 Å². The van der Waals surface area contributed by atoms with E-state index in [2.05, 4.69) is 46.9 Å². The van der Waals surface area contributed by atoms with Gasteiger partial charge >= 0.3 is 5.97 Å². The van der Waals surface area contributed by atoms with Gasteiger partial charge in [0.05, 0.1) is 12.6 Å². The van der Waals surface area contributed by atoms with Gasteiger partial charge in [-0.1, -0.05) is 41.5 Å². The number of hydrogen-bond donors (Lipinski definition) is 14. The van der Waals surface area contributed by atoms with Gasteiger partial charge in [0.2, 0.25) is 47.3 Å². The average Bonchev–Trinajstić information content (AvgIpc) is 4.03. The Labute approximate surface area is 445 Å². The summed E-state index contributed by atoms with van der Waals surface area (Å²) in [5.74, 6) is -7.00. The zero-order valence-corrected chi connectivity index (χ0v) is 45.2. The highest BCUT2D eigenvalue weighted by Crippen LogP contribution is 2.22. The van der Waals surface area contributed by atoms with E-state index in [4.69, 9.17) is 40.1 Å². The molecule has 2 heterocycles. The van der Waals surface area contributed by atoms with Crippen LogP contribution in [-0.2, 0) is 43.2 Å². The smallest absolute Gasteiger partial charge is 0.326 e. The van der Waals surface area contributed by atoms with Crippen LogP contribution in [0.3, 0.4) is 0 Å². The molecule has 0 radical (unpaired) electrons. The Morgan fingerprint density at radius 3 is 1.32 bits per heavy atom. The number of carboxylic acids is 1. The molecule has 2 aliphatic heterocycles. The molecule has 21 N–H and O–H groups in total. The number of amides is 8. The van der Waals surface area contributed by atoms with E-state index in [9.17, 15) is 48.3 Å². The average molecular weight is 1080 g/mol. The second kappa shape index (κ2) is 33.1. The summed E-state index contributed by atoms with van der Waals surface area (Å²) in [4.78, 5) is 137. The largest absolute Gasteiger partial charge is 0.480 e. The molecule has 8 amide bonds. The summed E-state index contributed by atoms with van der Waals surface area (Å²) in [5, 5.41) is 25.7. The van der Waals surface area contributed by atoms with Crippen LogP contribution in [-0.4, -0.2) is 174 Å². The highest BCUT2D eigenvalue weighted by Gasteiger charge is 2.41. The van der Waals surface area contributed by atoms with Crippen LogP contribution in [0, 0.1) is 17.8 Å². The van der Waals surface area contributed by atoms with Crippen molar-refractivity contribution < 1.29 is 48.3 Å². The number of hydrogen-bond acceptors (Lipinski definition) is 13. The fraction of sp³-hybridized carbons (Fsp3) is 0.750. The second-order valence-corrected chi connectivity index (χ2v) is 20.6. The summed E-state index contributed by atoms with van der Waals surface area (Å²) in [6.07, 6.45) is 2.78. The van der Waals surface area contributed by atoms with Crippen LogP contribution in [0.25, 0.3) is 0 Å². The van der Waals surface area contributed by atoms with Crippen molar-refractivity contribution in [1.82, 2.24) is 41.7 Å². The Bertz CT molecular complexity index is 2060. The predicted octanol–water partition coefficient (Wildman–Crippen LogP) is -3.78. The van der Waals surface area contributed by atoms with Gasteiger partial charge < -0.3 is 86.9 Å². The highest BCUT2D eigenvalue weighted by atomic mass is 16.4. The summed E-state index contributed by atoms with van der Waals surface area (Å²) in [5.41, 5.74) is 39.1. The SMILES string of the molecule is CC(C)C[C@H](NC(=O)[C@H](CCCN=C(N)N)NC(=O)[C@@H]1CCCN1C(=O)CNC(=O)[C@H](CCCN=C(N)N)NC(=O)[C@H](CCCN=C(N)N)NC(=O)[C@@H]1CCCN1C(=O)[C@H](CC(C)C)NC(=O)[C@@H](N)CC(C)C)C(=O)O. The second-order valence-electron chi connectivity index (χ2n) is 20.6. The summed E-state index contributed by atoms with van der Waals surface area (Å²) in [6, 6.07) is -8.89. The molecule has 2 fully saturated rings. The molecule has 76 heavy (non-hydrogen) atoms. The monoisotopic (exact) mass is 1080 g/mol. The minimum absolute atomic E-state index is 0.00794. The molecular weight excluding hydrogens is 989 g/mol. The number of nitrogens with one attached hydrogen (secondary N) is 6. The van der Waals surface area contributed by atoms with Gasteiger partial charge in [0.25, 0.3) is 0 Å². The van der Waals surface area contributed by atoms with Gasteiger partial charge in [-0.05, 0) is 101 Å². The third-order valence-electron chi connectivity index (χ3n) is 12.6. The van der Waals surface area contributed by atoms with Crippen molar-refractivity contribution in [2.24, 2.45) is 72.9 Å². The van der Waals surface area contributed by atoms with Crippen molar-refractivity contribution in [3.8, 4) is 0 Å². The van der Waals surface area contributed by atoms with Gasteiger partial charge in [-0.25, -0.2) is 4.79 Å². The van der Waals surface area contributed by atoms with Crippen molar-refractivity contribution in [2.75, 3.05) is 39.3 Å². The van der Waals surface area contributed by atoms with Gasteiger partial charge in [0, 0.05) is 32.7 Å². The number of nitrogens with zero attached hydrogens (tertiary/aromatic N) is 5. The van der Waals surface area contributed by atoms with Crippen LogP contribution < -0.4 is 72.0 Å². The summed E-state index contributed by atoms with van der Waals surface area (Å²) in [6.45, 7) is 11.3. The molecule has 0 aromatic carbocycles. The first-order valence-electron chi connectivity index (χ1n) is 26.3. The number of nitrogens with two attached hydrogens (primary N) is 7. The van der Waals surface area contributed by atoms with E-state index in [1.807, 2.05) is 27.7 Å². The molecule has 0 saturated carbocycles. The first-order chi connectivity index (χ1) is 35.7. The molecule has 0 bridgehead atoms. The molecule has 430 valence electrons. The van der Waals surface area contributed by atoms with Gasteiger partial charge in [-0.2, -0.15) is 0 Å². The lowest BCUT2D eigenvalue weighted by Crippen LogP contribution is -2.59. The predicted molar refractivity (Wildman–Crippen MR) is 286 cm³/mol. The molecule has 8 atom stereocenters. The number of likely N-dealkylation sites (tertiary alicyclic amines) is 2. The van der Waals surface area contributed by atoms with Crippen molar-refractivity contribution in [1.29, 1.82) is 0 Å². The highest BCUT2D eigenvalue weighted by molar-refractivity contribution is 5.98. The molecule has 0 spiro atoms. The van der Waals surface area contributed by atoms with Gasteiger partial charge in [-0.3, -0.25) is 53.3 Å². The van der Waals surface area contributed by atoms with Gasteiger partial charge in [-0.15, -0.1) is 0 Å². The zero-order valence-electron chi connectivity index (χ0n) is 45.2. The number of carboxylic acid groups (broad SMARTS) is 1. The van der Waals surface area contributed by atoms with Crippen molar-refractivity contribution in [2.45, 2.75) is 173 Å². The molecule has 2 rings (SSSR count). The van der Waals surface area contributed by atoms with Crippen molar-refractivity contribution in [3.63, 3.8) is 0 Å². The molecular formula is C48H88N18O10. The molecule has 28 nitrogen and oxygen atoms in total. The van der Waals surface area contributed by atoms with E-state index in [1.54, 1.807) is 13.8 Å². The Morgan fingerprint density at radius 2 is 0.895 bits per heavy atom. The maximum atomic E-state index is 14.2. The van der Waals surface area contributed by atoms with E-state index < -0.39 is 108 Å². The van der Waals surface area contributed by atoms with Crippen LogP contribution in [0.2, 0.25) is 0 Å². The molecule has 2 aliphatic rings.